The molecule has 35 valence electrons. The molecule has 1 aromatic heterocycles. The van der Waals surface area contributed by atoms with Gasteiger partial charge in [0.05, 0.1) is 5.51 Å². The molecule has 0 amide bonds. The fourth-order valence-electron chi connectivity index (χ4n) is 0.176. The molecule has 0 saturated carbocycles. The van der Waals surface area contributed by atoms with Crippen molar-refractivity contribution in [3.8, 4) is 0 Å². The molecule has 0 fully saturated rings. The smallest absolute Gasteiger partial charge is 0.253 e. The van der Waals surface area contributed by atoms with Crippen molar-refractivity contribution >= 4 is 11.3 Å². The Bertz CT molecular complexity index is 67.3. The van der Waals surface area contributed by atoms with E-state index in [2.05, 4.69) is 4.98 Å². The van der Waals surface area contributed by atoms with Crippen LogP contribution in [0.3, 0.4) is 0 Å². The van der Waals surface area contributed by atoms with Crippen molar-refractivity contribution in [1.82, 2.24) is 4.98 Å². The van der Waals surface area contributed by atoms with Crippen LogP contribution in [0.2, 0.25) is 0 Å². The Balaban J connectivity index is 0.000000250. The summed E-state index contributed by atoms with van der Waals surface area (Å²) < 4.78 is 0. The normalized spacial score (nSPS) is 6.67. The second-order valence-electron chi connectivity index (χ2n) is 0.676. The Hall–Kier alpha value is 0.149. The molecule has 0 spiro atoms. The fraction of sp³-hybridized carbons (Fsp3) is 0. The van der Waals surface area contributed by atoms with Crippen LogP contribution in [0.15, 0.2) is 17.1 Å². The van der Waals surface area contributed by atoms with Gasteiger partial charge in [0.25, 0.3) is 0 Å². The Labute approximate surface area is 50.9 Å². The van der Waals surface area contributed by atoms with Gasteiger partial charge in [-0.25, -0.2) is 0 Å². The van der Waals surface area contributed by atoms with Gasteiger partial charge in [0.15, 0.2) is 0 Å². The van der Waals surface area contributed by atoms with Crippen LogP contribution in [-0.2, 0) is 17.1 Å². The Kier molecular flexibility index (Phi) is 3.43. The maximum Gasteiger partial charge on any atom is 2.00 e. The molecule has 0 saturated heterocycles. The summed E-state index contributed by atoms with van der Waals surface area (Å²) in [4.78, 5) is 3.74. The summed E-state index contributed by atoms with van der Waals surface area (Å²) in [7, 11) is 0. The van der Waals surface area contributed by atoms with Crippen LogP contribution in [0.4, 0.5) is 0 Å². The molecule has 0 unspecified atom stereocenters. The third-order valence-corrected chi connectivity index (χ3v) is 0.869. The van der Waals surface area contributed by atoms with Crippen LogP contribution in [0.1, 0.15) is 0 Å². The quantitative estimate of drug-likeness (QED) is 0.503. The molecular formula is C3H3CuNS+2. The van der Waals surface area contributed by atoms with Gasteiger partial charge in [-0.2, -0.15) is 0 Å². The number of hydrogen-bond donors (Lipinski definition) is 0. The number of thiazole rings is 1. The zero-order chi connectivity index (χ0) is 3.54. The number of hydrogen-bond acceptors (Lipinski definition) is 2. The van der Waals surface area contributed by atoms with Crippen molar-refractivity contribution in [2.45, 2.75) is 0 Å². The molecule has 0 aliphatic heterocycles. The minimum absolute atomic E-state index is 0. The third kappa shape index (κ3) is 1.55. The van der Waals surface area contributed by atoms with E-state index < -0.39 is 0 Å². The van der Waals surface area contributed by atoms with Gasteiger partial charge in [0.1, 0.15) is 0 Å². The number of aromatic nitrogens is 1. The molecule has 0 N–H and O–H groups in total. The largest absolute Gasteiger partial charge is 2.00 e. The molecule has 1 radical (unpaired) electrons. The van der Waals surface area contributed by atoms with Crippen LogP contribution in [-0.4, -0.2) is 4.98 Å². The summed E-state index contributed by atoms with van der Waals surface area (Å²) in [5, 5.41) is 1.93. The van der Waals surface area contributed by atoms with Crippen LogP contribution in [0.5, 0.6) is 0 Å². The summed E-state index contributed by atoms with van der Waals surface area (Å²) in [6, 6.07) is 0. The first-order chi connectivity index (χ1) is 2.50. The molecule has 1 heterocycles. The summed E-state index contributed by atoms with van der Waals surface area (Å²) in [5.41, 5.74) is 1.79. The van der Waals surface area contributed by atoms with Gasteiger partial charge in [-0.15, -0.1) is 11.3 Å². The molecule has 1 aromatic rings. The van der Waals surface area contributed by atoms with E-state index in [4.69, 9.17) is 0 Å². The average molecular weight is 149 g/mol. The van der Waals surface area contributed by atoms with E-state index in [-0.39, 0.29) is 17.1 Å². The van der Waals surface area contributed by atoms with Crippen molar-refractivity contribution in [3.05, 3.63) is 17.1 Å². The predicted molar refractivity (Wildman–Crippen MR) is 22.1 cm³/mol. The first-order valence-electron chi connectivity index (χ1n) is 1.32. The average Bonchev–Trinajstić information content (AvgIpc) is 1.76. The van der Waals surface area contributed by atoms with E-state index in [1.807, 2.05) is 5.38 Å². The van der Waals surface area contributed by atoms with Gasteiger partial charge in [-0.1, -0.05) is 0 Å². The minimum Gasteiger partial charge on any atom is -0.253 e. The van der Waals surface area contributed by atoms with E-state index in [0.717, 1.165) is 0 Å². The second kappa shape index (κ2) is 3.34. The maximum absolute atomic E-state index is 3.74. The van der Waals surface area contributed by atoms with Gasteiger partial charge in [-0.3, -0.25) is 4.98 Å². The zero-order valence-corrected chi connectivity index (χ0v) is 4.65. The SMILES string of the molecule is [Cu+2].c1cscn1. The van der Waals surface area contributed by atoms with Crippen LogP contribution in [0, 0.1) is 0 Å². The Morgan fingerprint density at radius 1 is 1.50 bits per heavy atom. The van der Waals surface area contributed by atoms with Crippen molar-refractivity contribution < 1.29 is 17.1 Å². The Morgan fingerprint density at radius 3 is 2.50 bits per heavy atom. The fourth-order valence-corrected chi connectivity index (χ4v) is 0.527. The Morgan fingerprint density at radius 2 is 2.33 bits per heavy atom. The molecule has 6 heavy (non-hydrogen) atoms. The number of rotatable bonds is 0. The van der Waals surface area contributed by atoms with Crippen LogP contribution < -0.4 is 0 Å². The molecule has 3 heteroatoms. The van der Waals surface area contributed by atoms with E-state index in [1.54, 1.807) is 23.0 Å². The van der Waals surface area contributed by atoms with Gasteiger partial charge >= 0.3 is 17.1 Å². The van der Waals surface area contributed by atoms with E-state index in [0.29, 0.717) is 0 Å². The van der Waals surface area contributed by atoms with Crippen molar-refractivity contribution in [3.63, 3.8) is 0 Å². The summed E-state index contributed by atoms with van der Waals surface area (Å²) in [6.07, 6.45) is 1.77. The van der Waals surface area contributed by atoms with Gasteiger partial charge in [0.2, 0.25) is 0 Å². The molecule has 1 nitrogen and oxygen atoms in total. The topological polar surface area (TPSA) is 12.9 Å². The van der Waals surface area contributed by atoms with Gasteiger partial charge in [0, 0.05) is 11.6 Å². The maximum atomic E-state index is 3.74. The summed E-state index contributed by atoms with van der Waals surface area (Å²) in [6.45, 7) is 0. The first kappa shape index (κ1) is 6.15. The molecule has 0 aromatic carbocycles. The molecule has 0 aliphatic carbocycles. The molecule has 0 bridgehead atoms. The van der Waals surface area contributed by atoms with E-state index in [9.17, 15) is 0 Å². The molecule has 0 aliphatic rings. The van der Waals surface area contributed by atoms with Crippen molar-refractivity contribution in [2.75, 3.05) is 0 Å². The zero-order valence-electron chi connectivity index (χ0n) is 2.89. The summed E-state index contributed by atoms with van der Waals surface area (Å²) >= 11 is 1.60. The van der Waals surface area contributed by atoms with E-state index >= 15 is 0 Å². The molecule has 1 rings (SSSR count). The van der Waals surface area contributed by atoms with Gasteiger partial charge in [-0.05, 0) is 0 Å². The number of nitrogens with zero attached hydrogens (tertiary/aromatic N) is 1. The third-order valence-electron chi connectivity index (χ3n) is 0.347. The van der Waals surface area contributed by atoms with Crippen molar-refractivity contribution in [2.24, 2.45) is 0 Å². The second-order valence-corrected chi connectivity index (χ2v) is 1.43. The van der Waals surface area contributed by atoms with Crippen LogP contribution >= 0.6 is 11.3 Å². The predicted octanol–water partition coefficient (Wildman–Crippen LogP) is 1.14. The molecule has 0 atom stereocenters. The first-order valence-corrected chi connectivity index (χ1v) is 2.26. The van der Waals surface area contributed by atoms with Crippen molar-refractivity contribution in [1.29, 1.82) is 0 Å². The standard InChI is InChI=1S/C3H3NS.Cu/c1-2-5-3-4-1;/h1-3H;/q;+2. The minimum atomic E-state index is 0. The van der Waals surface area contributed by atoms with E-state index in [1.165, 1.54) is 0 Å². The van der Waals surface area contributed by atoms with Gasteiger partial charge < -0.3 is 0 Å². The molecular weight excluding hydrogens is 146 g/mol. The monoisotopic (exact) mass is 148 g/mol. The van der Waals surface area contributed by atoms with Crippen LogP contribution in [0.25, 0.3) is 0 Å². The summed E-state index contributed by atoms with van der Waals surface area (Å²) in [5.74, 6) is 0.